The smallest absolute Gasteiger partial charge is 0.349 e. The summed E-state index contributed by atoms with van der Waals surface area (Å²) in [4.78, 5) is 24.0. The van der Waals surface area contributed by atoms with Crippen molar-refractivity contribution >= 4 is 23.6 Å². The van der Waals surface area contributed by atoms with E-state index in [1.807, 2.05) is 26.0 Å². The number of nitrogens with one attached hydrogen (secondary N) is 1. The SMILES string of the molecule is CCOc1ccc(/C=C(\C#N)C(=O)OCC(=O)Nc2ccccc2C)cc1. The molecule has 0 fully saturated rings. The number of rotatable bonds is 7. The molecule has 0 bridgehead atoms. The number of nitriles is 1. The lowest BCUT2D eigenvalue weighted by Crippen LogP contribution is -2.21. The van der Waals surface area contributed by atoms with Gasteiger partial charge in [-0.15, -0.1) is 0 Å². The van der Waals surface area contributed by atoms with Gasteiger partial charge in [0.05, 0.1) is 6.61 Å². The number of para-hydroxylation sites is 1. The van der Waals surface area contributed by atoms with Crippen molar-refractivity contribution in [3.8, 4) is 11.8 Å². The number of esters is 1. The molecule has 0 atom stereocenters. The quantitative estimate of drug-likeness (QED) is 0.462. The zero-order valence-electron chi connectivity index (χ0n) is 15.2. The number of carbonyl (C=O) groups is 2. The van der Waals surface area contributed by atoms with E-state index in [4.69, 9.17) is 9.47 Å². The molecule has 0 aliphatic carbocycles. The molecule has 0 radical (unpaired) electrons. The van der Waals surface area contributed by atoms with Crippen molar-refractivity contribution in [1.82, 2.24) is 0 Å². The van der Waals surface area contributed by atoms with Crippen molar-refractivity contribution in [2.24, 2.45) is 0 Å². The second kappa shape index (κ2) is 9.78. The Morgan fingerprint density at radius 2 is 1.85 bits per heavy atom. The molecule has 2 aromatic carbocycles. The van der Waals surface area contributed by atoms with Gasteiger partial charge in [-0.05, 0) is 49.2 Å². The highest BCUT2D eigenvalue weighted by Crippen LogP contribution is 2.15. The Labute approximate surface area is 158 Å². The van der Waals surface area contributed by atoms with Crippen LogP contribution in [0.1, 0.15) is 18.1 Å². The van der Waals surface area contributed by atoms with E-state index < -0.39 is 18.5 Å². The number of amides is 1. The molecule has 1 N–H and O–H groups in total. The third kappa shape index (κ3) is 6.01. The van der Waals surface area contributed by atoms with Crippen molar-refractivity contribution in [1.29, 1.82) is 5.26 Å². The summed E-state index contributed by atoms with van der Waals surface area (Å²) in [6.07, 6.45) is 1.40. The van der Waals surface area contributed by atoms with Gasteiger partial charge in [0.1, 0.15) is 17.4 Å². The van der Waals surface area contributed by atoms with E-state index in [0.717, 1.165) is 5.56 Å². The Bertz CT molecular complexity index is 880. The van der Waals surface area contributed by atoms with E-state index in [0.29, 0.717) is 23.6 Å². The number of hydrogen-bond acceptors (Lipinski definition) is 5. The first-order valence-corrected chi connectivity index (χ1v) is 8.40. The first-order valence-electron chi connectivity index (χ1n) is 8.40. The molecule has 0 aliphatic rings. The highest BCUT2D eigenvalue weighted by atomic mass is 16.5. The summed E-state index contributed by atoms with van der Waals surface area (Å²) in [5.74, 6) is -0.633. The van der Waals surface area contributed by atoms with Gasteiger partial charge in [0, 0.05) is 5.69 Å². The van der Waals surface area contributed by atoms with E-state index in [1.165, 1.54) is 6.08 Å². The van der Waals surface area contributed by atoms with Crippen LogP contribution in [0.4, 0.5) is 5.69 Å². The molecule has 0 aromatic heterocycles. The number of aryl methyl sites for hydroxylation is 1. The Kier molecular flexibility index (Phi) is 7.15. The van der Waals surface area contributed by atoms with Crippen LogP contribution < -0.4 is 10.1 Å². The minimum Gasteiger partial charge on any atom is -0.494 e. The van der Waals surface area contributed by atoms with E-state index >= 15 is 0 Å². The lowest BCUT2D eigenvalue weighted by Gasteiger charge is -2.08. The second-order valence-electron chi connectivity index (χ2n) is 5.61. The lowest BCUT2D eigenvalue weighted by atomic mass is 10.1. The number of benzene rings is 2. The Morgan fingerprint density at radius 3 is 2.48 bits per heavy atom. The number of hydrogen-bond donors (Lipinski definition) is 1. The van der Waals surface area contributed by atoms with Gasteiger partial charge in [-0.3, -0.25) is 4.79 Å². The van der Waals surface area contributed by atoms with E-state index in [2.05, 4.69) is 5.32 Å². The van der Waals surface area contributed by atoms with Gasteiger partial charge in [-0.1, -0.05) is 30.3 Å². The van der Waals surface area contributed by atoms with Crippen LogP contribution in [0, 0.1) is 18.3 Å². The molecule has 0 saturated heterocycles. The zero-order chi connectivity index (χ0) is 19.6. The molecule has 2 aromatic rings. The number of nitrogens with zero attached hydrogens (tertiary/aromatic N) is 1. The average molecular weight is 364 g/mol. The summed E-state index contributed by atoms with van der Waals surface area (Å²) in [6, 6.07) is 16.0. The predicted molar refractivity (Wildman–Crippen MR) is 102 cm³/mol. The maximum Gasteiger partial charge on any atom is 0.349 e. The molecule has 0 spiro atoms. The molecule has 0 aliphatic heterocycles. The van der Waals surface area contributed by atoms with Crippen LogP contribution in [-0.4, -0.2) is 25.1 Å². The van der Waals surface area contributed by atoms with Crippen LogP contribution in [0.15, 0.2) is 54.1 Å². The Balaban J connectivity index is 1.95. The maximum absolute atomic E-state index is 12.1. The minimum atomic E-state index is -0.855. The number of ether oxygens (including phenoxy) is 2. The molecule has 0 saturated carbocycles. The molecule has 2 rings (SSSR count). The Morgan fingerprint density at radius 1 is 1.15 bits per heavy atom. The van der Waals surface area contributed by atoms with Gasteiger partial charge in [-0.25, -0.2) is 4.79 Å². The van der Waals surface area contributed by atoms with Gasteiger partial charge in [0.2, 0.25) is 0 Å². The summed E-state index contributed by atoms with van der Waals surface area (Å²) < 4.78 is 10.3. The summed E-state index contributed by atoms with van der Waals surface area (Å²) in [5, 5.41) is 11.8. The summed E-state index contributed by atoms with van der Waals surface area (Å²) in [6.45, 7) is 3.81. The molecule has 0 heterocycles. The highest BCUT2D eigenvalue weighted by molar-refractivity contribution is 6.00. The third-order valence-electron chi connectivity index (χ3n) is 3.60. The standard InChI is InChI=1S/C21H20N2O4/c1-3-26-18-10-8-16(9-11-18)12-17(13-22)21(25)27-14-20(24)23-19-7-5-4-6-15(19)2/h4-12H,3,14H2,1-2H3,(H,23,24)/b17-12+. The monoisotopic (exact) mass is 364 g/mol. The predicted octanol–water partition coefficient (Wildman–Crippen LogP) is 3.48. The van der Waals surface area contributed by atoms with Gasteiger partial charge < -0.3 is 14.8 Å². The minimum absolute atomic E-state index is 0.192. The fraction of sp³-hybridized carbons (Fsp3) is 0.190. The molecule has 0 unspecified atom stereocenters. The Hall–Kier alpha value is -3.59. The first kappa shape index (κ1) is 19.7. The van der Waals surface area contributed by atoms with E-state index in [9.17, 15) is 14.9 Å². The van der Waals surface area contributed by atoms with Crippen LogP contribution in [0.25, 0.3) is 6.08 Å². The van der Waals surface area contributed by atoms with E-state index in [-0.39, 0.29) is 5.57 Å². The fourth-order valence-electron chi connectivity index (χ4n) is 2.24. The van der Waals surface area contributed by atoms with Crippen LogP contribution in [0.3, 0.4) is 0 Å². The van der Waals surface area contributed by atoms with Crippen LogP contribution >= 0.6 is 0 Å². The summed E-state index contributed by atoms with van der Waals surface area (Å²) in [5.41, 5.74) is 1.99. The maximum atomic E-state index is 12.1. The number of anilines is 1. The van der Waals surface area contributed by atoms with Crippen LogP contribution in [0.5, 0.6) is 5.75 Å². The van der Waals surface area contributed by atoms with Crippen molar-refractivity contribution < 1.29 is 19.1 Å². The van der Waals surface area contributed by atoms with Crippen molar-refractivity contribution in [3.05, 3.63) is 65.2 Å². The topological polar surface area (TPSA) is 88.4 Å². The largest absolute Gasteiger partial charge is 0.494 e. The second-order valence-corrected chi connectivity index (χ2v) is 5.61. The van der Waals surface area contributed by atoms with Gasteiger partial charge in [-0.2, -0.15) is 5.26 Å². The highest BCUT2D eigenvalue weighted by Gasteiger charge is 2.13. The molecule has 6 nitrogen and oxygen atoms in total. The lowest BCUT2D eigenvalue weighted by molar-refractivity contribution is -0.142. The van der Waals surface area contributed by atoms with Gasteiger partial charge in [0.15, 0.2) is 6.61 Å². The molecular weight excluding hydrogens is 344 g/mol. The third-order valence-corrected chi connectivity index (χ3v) is 3.60. The summed E-state index contributed by atoms with van der Waals surface area (Å²) >= 11 is 0. The zero-order valence-corrected chi connectivity index (χ0v) is 15.2. The van der Waals surface area contributed by atoms with E-state index in [1.54, 1.807) is 42.5 Å². The fourth-order valence-corrected chi connectivity index (χ4v) is 2.24. The molecular formula is C21H20N2O4. The van der Waals surface area contributed by atoms with Gasteiger partial charge >= 0.3 is 5.97 Å². The summed E-state index contributed by atoms with van der Waals surface area (Å²) in [7, 11) is 0. The normalized spacial score (nSPS) is 10.6. The van der Waals surface area contributed by atoms with Crippen molar-refractivity contribution in [2.75, 3.05) is 18.5 Å². The van der Waals surface area contributed by atoms with Gasteiger partial charge in [0.25, 0.3) is 5.91 Å². The molecule has 138 valence electrons. The molecule has 27 heavy (non-hydrogen) atoms. The van der Waals surface area contributed by atoms with Crippen molar-refractivity contribution in [3.63, 3.8) is 0 Å². The number of carbonyl (C=O) groups excluding carboxylic acids is 2. The molecule has 1 amide bonds. The molecule has 6 heteroatoms. The first-order chi connectivity index (χ1) is 13.0. The van der Waals surface area contributed by atoms with Crippen molar-refractivity contribution in [2.45, 2.75) is 13.8 Å². The average Bonchev–Trinajstić information content (AvgIpc) is 2.67. The van der Waals surface area contributed by atoms with Crippen LogP contribution in [0.2, 0.25) is 0 Å². The van der Waals surface area contributed by atoms with Crippen LogP contribution in [-0.2, 0) is 14.3 Å².